The highest BCUT2D eigenvalue weighted by Crippen LogP contribution is 2.34. The molecular formula is C15H21NO2. The summed E-state index contributed by atoms with van der Waals surface area (Å²) in [7, 11) is 0. The topological polar surface area (TPSA) is 32.7 Å². The van der Waals surface area contributed by atoms with Gasteiger partial charge in [-0.1, -0.05) is 30.3 Å². The molecule has 2 atom stereocenters. The fraction of sp³-hybridized carbons (Fsp3) is 0.600. The minimum absolute atomic E-state index is 0.354. The van der Waals surface area contributed by atoms with Crippen LogP contribution in [-0.2, 0) is 11.3 Å². The van der Waals surface area contributed by atoms with Crippen molar-refractivity contribution in [2.75, 3.05) is 13.2 Å². The molecular weight excluding hydrogens is 226 g/mol. The summed E-state index contributed by atoms with van der Waals surface area (Å²) >= 11 is 0. The molecule has 2 saturated heterocycles. The predicted molar refractivity (Wildman–Crippen MR) is 70.2 cm³/mol. The van der Waals surface area contributed by atoms with Crippen molar-refractivity contribution in [2.24, 2.45) is 0 Å². The molecule has 1 aromatic rings. The zero-order chi connectivity index (χ0) is 12.6. The molecule has 3 nitrogen and oxygen atoms in total. The zero-order valence-corrected chi connectivity index (χ0v) is 10.9. The van der Waals surface area contributed by atoms with E-state index in [1.165, 1.54) is 5.56 Å². The molecule has 1 N–H and O–H groups in total. The van der Waals surface area contributed by atoms with Crippen molar-refractivity contribution >= 4 is 0 Å². The van der Waals surface area contributed by atoms with Gasteiger partial charge in [0.1, 0.15) is 0 Å². The van der Waals surface area contributed by atoms with Crippen LogP contribution in [0.3, 0.4) is 0 Å². The number of nitrogens with zero attached hydrogens (tertiary/aromatic N) is 1. The third-order valence-electron chi connectivity index (χ3n) is 4.12. The molecule has 18 heavy (non-hydrogen) atoms. The first-order chi connectivity index (χ1) is 8.64. The molecule has 3 heteroatoms. The van der Waals surface area contributed by atoms with Crippen molar-refractivity contribution in [1.29, 1.82) is 0 Å². The standard InChI is InChI=1S/C15H21NO2/c1-15(17)7-13-10-18-11-14(8-15)16(13)9-12-5-3-2-4-6-12/h2-6,13-14,17H,7-11H2,1H3. The summed E-state index contributed by atoms with van der Waals surface area (Å²) in [6.07, 6.45) is 1.63. The number of ether oxygens (including phenoxy) is 1. The molecule has 0 amide bonds. The highest BCUT2D eigenvalue weighted by Gasteiger charge is 2.43. The number of hydrogen-bond acceptors (Lipinski definition) is 3. The minimum atomic E-state index is -0.522. The van der Waals surface area contributed by atoms with Gasteiger partial charge in [-0.15, -0.1) is 0 Å². The zero-order valence-electron chi connectivity index (χ0n) is 10.9. The number of morpholine rings is 1. The normalized spacial score (nSPS) is 36.6. The van der Waals surface area contributed by atoms with Gasteiger partial charge in [0.15, 0.2) is 0 Å². The summed E-state index contributed by atoms with van der Waals surface area (Å²) < 4.78 is 5.64. The van der Waals surface area contributed by atoms with Crippen LogP contribution in [0.4, 0.5) is 0 Å². The molecule has 2 aliphatic heterocycles. The molecule has 0 spiro atoms. The van der Waals surface area contributed by atoms with Gasteiger partial charge in [-0.25, -0.2) is 0 Å². The fourth-order valence-electron chi connectivity index (χ4n) is 3.33. The second-order valence-electron chi connectivity index (χ2n) is 5.91. The van der Waals surface area contributed by atoms with E-state index in [4.69, 9.17) is 4.74 Å². The van der Waals surface area contributed by atoms with Crippen molar-refractivity contribution in [1.82, 2.24) is 4.90 Å². The highest BCUT2D eigenvalue weighted by molar-refractivity contribution is 5.15. The van der Waals surface area contributed by atoms with E-state index in [0.717, 1.165) is 32.6 Å². The van der Waals surface area contributed by atoms with Crippen molar-refractivity contribution in [3.8, 4) is 0 Å². The van der Waals surface area contributed by atoms with Crippen LogP contribution >= 0.6 is 0 Å². The number of rotatable bonds is 2. The van der Waals surface area contributed by atoms with Crippen LogP contribution in [0.1, 0.15) is 25.3 Å². The third kappa shape index (κ3) is 2.44. The van der Waals surface area contributed by atoms with Gasteiger partial charge in [-0.3, -0.25) is 4.90 Å². The van der Waals surface area contributed by atoms with Gasteiger partial charge in [-0.2, -0.15) is 0 Å². The van der Waals surface area contributed by atoms with Gasteiger partial charge in [-0.05, 0) is 25.3 Å². The Morgan fingerprint density at radius 3 is 2.44 bits per heavy atom. The third-order valence-corrected chi connectivity index (χ3v) is 4.12. The lowest BCUT2D eigenvalue weighted by atomic mass is 9.82. The summed E-state index contributed by atoms with van der Waals surface area (Å²) in [6, 6.07) is 11.3. The summed E-state index contributed by atoms with van der Waals surface area (Å²) in [6.45, 7) is 4.42. The minimum Gasteiger partial charge on any atom is -0.390 e. The molecule has 0 aromatic heterocycles. The molecule has 2 fully saturated rings. The largest absolute Gasteiger partial charge is 0.390 e. The second kappa shape index (κ2) is 4.65. The molecule has 0 saturated carbocycles. The highest BCUT2D eigenvalue weighted by atomic mass is 16.5. The van der Waals surface area contributed by atoms with Gasteiger partial charge in [0.25, 0.3) is 0 Å². The van der Waals surface area contributed by atoms with Gasteiger partial charge in [0, 0.05) is 18.6 Å². The van der Waals surface area contributed by atoms with Crippen LogP contribution in [0.25, 0.3) is 0 Å². The van der Waals surface area contributed by atoms with E-state index >= 15 is 0 Å². The fourth-order valence-corrected chi connectivity index (χ4v) is 3.33. The Balaban J connectivity index is 1.76. The Labute approximate surface area is 108 Å². The van der Waals surface area contributed by atoms with E-state index in [0.29, 0.717) is 12.1 Å². The Kier molecular flexibility index (Phi) is 3.14. The van der Waals surface area contributed by atoms with Gasteiger partial charge >= 0.3 is 0 Å². The molecule has 2 bridgehead atoms. The van der Waals surface area contributed by atoms with E-state index < -0.39 is 5.60 Å². The summed E-state index contributed by atoms with van der Waals surface area (Å²) in [5, 5.41) is 10.3. The van der Waals surface area contributed by atoms with Gasteiger partial charge < -0.3 is 9.84 Å². The Bertz CT molecular complexity index is 388. The Morgan fingerprint density at radius 2 is 1.83 bits per heavy atom. The second-order valence-corrected chi connectivity index (χ2v) is 5.91. The molecule has 98 valence electrons. The smallest absolute Gasteiger partial charge is 0.0651 e. The van der Waals surface area contributed by atoms with Gasteiger partial charge in [0.05, 0.1) is 18.8 Å². The number of benzene rings is 1. The van der Waals surface area contributed by atoms with Crippen LogP contribution in [0.15, 0.2) is 30.3 Å². The van der Waals surface area contributed by atoms with E-state index in [-0.39, 0.29) is 0 Å². The first kappa shape index (κ1) is 12.2. The van der Waals surface area contributed by atoms with Crippen molar-refractivity contribution in [3.63, 3.8) is 0 Å². The number of piperidine rings is 1. The quantitative estimate of drug-likeness (QED) is 0.865. The molecule has 1 aromatic carbocycles. The van der Waals surface area contributed by atoms with Crippen molar-refractivity contribution in [2.45, 2.75) is 44.0 Å². The monoisotopic (exact) mass is 247 g/mol. The maximum Gasteiger partial charge on any atom is 0.0651 e. The van der Waals surface area contributed by atoms with E-state index in [1.54, 1.807) is 0 Å². The average molecular weight is 247 g/mol. The average Bonchev–Trinajstić information content (AvgIpc) is 2.31. The molecule has 2 aliphatic rings. The number of aliphatic hydroxyl groups is 1. The van der Waals surface area contributed by atoms with E-state index in [1.807, 2.05) is 6.92 Å². The maximum atomic E-state index is 10.3. The first-order valence-corrected chi connectivity index (χ1v) is 6.74. The van der Waals surface area contributed by atoms with Gasteiger partial charge in [0.2, 0.25) is 0 Å². The Morgan fingerprint density at radius 1 is 1.22 bits per heavy atom. The molecule has 3 rings (SSSR count). The molecule has 2 heterocycles. The lowest BCUT2D eigenvalue weighted by Crippen LogP contribution is -2.60. The molecule has 0 aliphatic carbocycles. The van der Waals surface area contributed by atoms with Crippen LogP contribution < -0.4 is 0 Å². The number of hydrogen-bond donors (Lipinski definition) is 1. The van der Waals surface area contributed by atoms with E-state index in [9.17, 15) is 5.11 Å². The van der Waals surface area contributed by atoms with Crippen LogP contribution in [0.2, 0.25) is 0 Å². The Hall–Kier alpha value is -0.900. The summed E-state index contributed by atoms with van der Waals surface area (Å²) in [4.78, 5) is 2.51. The maximum absolute atomic E-state index is 10.3. The van der Waals surface area contributed by atoms with Crippen LogP contribution in [-0.4, -0.2) is 40.9 Å². The summed E-state index contributed by atoms with van der Waals surface area (Å²) in [5.41, 5.74) is 0.822. The van der Waals surface area contributed by atoms with Crippen molar-refractivity contribution in [3.05, 3.63) is 35.9 Å². The number of fused-ring (bicyclic) bond motifs is 2. The van der Waals surface area contributed by atoms with Crippen LogP contribution in [0, 0.1) is 0 Å². The predicted octanol–water partition coefficient (Wildman–Crippen LogP) is 1.80. The SMILES string of the molecule is CC1(O)CC2COCC(C1)N2Cc1ccccc1. The molecule has 0 radical (unpaired) electrons. The van der Waals surface area contributed by atoms with Crippen molar-refractivity contribution < 1.29 is 9.84 Å². The first-order valence-electron chi connectivity index (χ1n) is 6.74. The summed E-state index contributed by atoms with van der Waals surface area (Å²) in [5.74, 6) is 0. The molecule has 2 unspecified atom stereocenters. The lowest BCUT2D eigenvalue weighted by molar-refractivity contribution is -0.139. The van der Waals surface area contributed by atoms with E-state index in [2.05, 4.69) is 35.2 Å². The lowest BCUT2D eigenvalue weighted by Gasteiger charge is -2.50. The van der Waals surface area contributed by atoms with Crippen LogP contribution in [0.5, 0.6) is 0 Å².